The van der Waals surface area contributed by atoms with Crippen LogP contribution in [0, 0.1) is 11.8 Å². The van der Waals surface area contributed by atoms with Crippen LogP contribution in [0.15, 0.2) is 10.6 Å². The third-order valence-electron chi connectivity index (χ3n) is 7.45. The molecule has 0 spiro atoms. The summed E-state index contributed by atoms with van der Waals surface area (Å²) in [5.74, 6) is -2.49. The van der Waals surface area contributed by atoms with Crippen LogP contribution in [0.2, 0.25) is 0 Å². The van der Waals surface area contributed by atoms with E-state index in [4.69, 9.17) is 0 Å². The maximum Gasteiger partial charge on any atom is 0.353 e. The third kappa shape index (κ3) is 5.24. The Morgan fingerprint density at radius 3 is 2.64 bits per heavy atom. The molecule has 0 radical (unpaired) electrons. The standard InChI is InChI=1S/C23H35FN6O5S/c1-10-18-17(11(2)29-16(31)9-25-3)22(33)30(18)19(23(34)35)20(10)36-14-5-13(26-8-14)7-28-21(32)15-4-12(24)6-27-15/h10-15,17-18,25-27H,4-9H2,1-3H3,(H,28,32)(H,29,31)(H,34,35)/t10-,11-,12+,13+,14+,15+,17-,18-/m1/s1. The number of carboxylic acids is 1. The van der Waals surface area contributed by atoms with Gasteiger partial charge in [-0.15, -0.1) is 11.8 Å². The number of halogens is 1. The number of thioether (sulfide) groups is 1. The van der Waals surface area contributed by atoms with E-state index in [1.165, 1.54) is 16.7 Å². The minimum atomic E-state index is -1.13. The molecule has 0 aliphatic carbocycles. The molecule has 11 nitrogen and oxygen atoms in total. The van der Waals surface area contributed by atoms with Crippen molar-refractivity contribution in [3.63, 3.8) is 0 Å². The highest BCUT2D eigenvalue weighted by Crippen LogP contribution is 2.51. The Morgan fingerprint density at radius 1 is 1.25 bits per heavy atom. The number of aliphatic carboxylic acids is 1. The molecule has 0 bridgehead atoms. The lowest BCUT2D eigenvalue weighted by Crippen LogP contribution is -2.66. The van der Waals surface area contributed by atoms with Gasteiger partial charge in [0.25, 0.3) is 0 Å². The van der Waals surface area contributed by atoms with Crippen molar-refractivity contribution in [2.24, 2.45) is 11.8 Å². The first-order valence-corrected chi connectivity index (χ1v) is 13.3. The first kappa shape index (κ1) is 26.8. The summed E-state index contributed by atoms with van der Waals surface area (Å²) < 4.78 is 13.3. The van der Waals surface area contributed by atoms with Crippen molar-refractivity contribution in [2.75, 3.05) is 33.2 Å². The van der Waals surface area contributed by atoms with Gasteiger partial charge in [0.05, 0.1) is 24.5 Å². The van der Waals surface area contributed by atoms with E-state index in [1.807, 2.05) is 6.92 Å². The second-order valence-corrected chi connectivity index (χ2v) is 11.4. The fourth-order valence-corrected chi connectivity index (χ4v) is 7.22. The second kappa shape index (κ2) is 11.0. The molecular formula is C23H35FN6O5S. The van der Waals surface area contributed by atoms with Gasteiger partial charge in [-0.3, -0.25) is 14.4 Å². The first-order valence-electron chi connectivity index (χ1n) is 12.4. The van der Waals surface area contributed by atoms with Crippen molar-refractivity contribution in [2.45, 2.75) is 62.3 Å². The Kier molecular flexibility index (Phi) is 8.22. The number of β-lactam (4-membered cyclic amide) rings is 1. The lowest BCUT2D eigenvalue weighted by Gasteiger charge is -2.47. The van der Waals surface area contributed by atoms with Gasteiger partial charge in [-0.05, 0) is 20.4 Å². The van der Waals surface area contributed by atoms with Crippen LogP contribution >= 0.6 is 11.8 Å². The van der Waals surface area contributed by atoms with Crippen molar-refractivity contribution in [1.29, 1.82) is 0 Å². The van der Waals surface area contributed by atoms with Crippen LogP contribution in [-0.4, -0.2) is 103 Å². The van der Waals surface area contributed by atoms with Gasteiger partial charge in [0.2, 0.25) is 17.7 Å². The molecule has 4 aliphatic heterocycles. The number of fused-ring (bicyclic) bond motifs is 1. The van der Waals surface area contributed by atoms with Gasteiger partial charge in [-0.1, -0.05) is 6.92 Å². The van der Waals surface area contributed by atoms with Crippen LogP contribution in [0.1, 0.15) is 26.7 Å². The van der Waals surface area contributed by atoms with Crippen LogP contribution in [0.5, 0.6) is 0 Å². The van der Waals surface area contributed by atoms with Crippen LogP contribution in [0.25, 0.3) is 0 Å². The summed E-state index contributed by atoms with van der Waals surface area (Å²) in [7, 11) is 1.66. The Bertz CT molecular complexity index is 950. The number of nitrogens with zero attached hydrogens (tertiary/aromatic N) is 1. The predicted octanol–water partition coefficient (Wildman–Crippen LogP) is -1.24. The summed E-state index contributed by atoms with van der Waals surface area (Å²) >= 11 is 1.48. The molecule has 6 N–H and O–H groups in total. The number of hydrogen-bond acceptors (Lipinski definition) is 8. The van der Waals surface area contributed by atoms with E-state index in [0.717, 1.165) is 6.42 Å². The zero-order valence-electron chi connectivity index (χ0n) is 20.7. The average molecular weight is 527 g/mol. The second-order valence-electron chi connectivity index (χ2n) is 10.0. The summed E-state index contributed by atoms with van der Waals surface area (Å²) in [5.41, 5.74) is 0.0392. The molecule has 36 heavy (non-hydrogen) atoms. The fraction of sp³-hybridized carbons (Fsp3) is 0.739. The molecule has 0 unspecified atom stereocenters. The van der Waals surface area contributed by atoms with Gasteiger partial charge in [0, 0.05) is 54.2 Å². The first-order chi connectivity index (χ1) is 17.1. The molecule has 4 aliphatic rings. The lowest BCUT2D eigenvalue weighted by molar-refractivity contribution is -0.158. The highest BCUT2D eigenvalue weighted by molar-refractivity contribution is 8.03. The minimum Gasteiger partial charge on any atom is -0.477 e. The molecule has 3 amide bonds. The lowest BCUT2D eigenvalue weighted by atomic mass is 9.78. The molecule has 4 rings (SSSR count). The van der Waals surface area contributed by atoms with Gasteiger partial charge in [-0.2, -0.15) is 0 Å². The number of likely N-dealkylation sites (N-methyl/N-ethyl adjacent to an activating group) is 1. The quantitative estimate of drug-likeness (QED) is 0.192. The van der Waals surface area contributed by atoms with Crippen LogP contribution < -0.4 is 26.6 Å². The number of nitrogens with one attached hydrogen (secondary N) is 5. The molecule has 0 aromatic carbocycles. The van der Waals surface area contributed by atoms with Crippen LogP contribution in [-0.2, 0) is 19.2 Å². The number of alkyl halides is 1. The summed E-state index contributed by atoms with van der Waals surface area (Å²) in [6.45, 7) is 5.09. The summed E-state index contributed by atoms with van der Waals surface area (Å²) in [4.78, 5) is 51.4. The average Bonchev–Trinajstić information content (AvgIpc) is 3.50. The predicted molar refractivity (Wildman–Crippen MR) is 132 cm³/mol. The summed E-state index contributed by atoms with van der Waals surface area (Å²) in [6.07, 6.45) is -0.0979. The van der Waals surface area contributed by atoms with E-state index in [1.54, 1.807) is 14.0 Å². The van der Waals surface area contributed by atoms with Crippen molar-refractivity contribution >= 4 is 35.5 Å². The van der Waals surface area contributed by atoms with Gasteiger partial charge in [-0.25, -0.2) is 9.18 Å². The Morgan fingerprint density at radius 2 is 2.00 bits per heavy atom. The van der Waals surface area contributed by atoms with Gasteiger partial charge < -0.3 is 36.6 Å². The number of amides is 3. The molecule has 200 valence electrons. The molecule has 13 heteroatoms. The van der Waals surface area contributed by atoms with Crippen molar-refractivity contribution in [3.8, 4) is 0 Å². The maximum absolute atomic E-state index is 13.3. The molecule has 0 aromatic rings. The van der Waals surface area contributed by atoms with Crippen LogP contribution in [0.3, 0.4) is 0 Å². The van der Waals surface area contributed by atoms with E-state index in [9.17, 15) is 28.7 Å². The van der Waals surface area contributed by atoms with E-state index in [-0.39, 0.29) is 66.2 Å². The largest absolute Gasteiger partial charge is 0.477 e. The Hall–Kier alpha value is -2.22. The van der Waals surface area contributed by atoms with Crippen LogP contribution in [0.4, 0.5) is 4.39 Å². The molecule has 8 atom stereocenters. The highest BCUT2D eigenvalue weighted by Gasteiger charge is 2.60. The number of carbonyl (C=O) groups excluding carboxylic acids is 3. The Balaban J connectivity index is 1.35. The minimum absolute atomic E-state index is 0.0217. The third-order valence-corrected chi connectivity index (χ3v) is 8.96. The number of carbonyl (C=O) groups is 4. The smallest absolute Gasteiger partial charge is 0.353 e. The SMILES string of the molecule is CNCC(=O)N[C@H](C)[C@H]1C(=O)N2C(C(=O)O)=C(S[C@@H]3CN[C@H](CNC(=O)[C@@H]4C[C@H](F)CN4)C3)[C@H](C)[C@H]12. The fourth-order valence-electron chi connectivity index (χ4n) is 5.70. The molecule has 3 fully saturated rings. The van der Waals surface area contributed by atoms with Crippen molar-refractivity contribution < 1.29 is 28.7 Å². The zero-order valence-corrected chi connectivity index (χ0v) is 21.5. The van der Waals surface area contributed by atoms with Crippen molar-refractivity contribution in [3.05, 3.63) is 10.6 Å². The van der Waals surface area contributed by atoms with E-state index in [2.05, 4.69) is 26.6 Å². The number of hydrogen-bond donors (Lipinski definition) is 6. The number of carboxylic acid groups (broad SMARTS) is 1. The molecule has 0 saturated carbocycles. The van der Waals surface area contributed by atoms with Gasteiger partial charge in [0.15, 0.2) is 0 Å². The molecule has 3 saturated heterocycles. The van der Waals surface area contributed by atoms with E-state index >= 15 is 0 Å². The summed E-state index contributed by atoms with van der Waals surface area (Å²) in [6, 6.07) is -1.20. The molecule has 4 heterocycles. The van der Waals surface area contributed by atoms with E-state index in [0.29, 0.717) is 18.0 Å². The monoisotopic (exact) mass is 526 g/mol. The normalized spacial score (nSPS) is 34.4. The Labute approximate surface area is 213 Å². The topological polar surface area (TPSA) is 152 Å². The van der Waals surface area contributed by atoms with Gasteiger partial charge >= 0.3 is 5.97 Å². The highest BCUT2D eigenvalue weighted by atomic mass is 32.2. The summed E-state index contributed by atoms with van der Waals surface area (Å²) in [5, 5.41) is 24.7. The zero-order chi connectivity index (χ0) is 26.1. The molecule has 0 aromatic heterocycles. The maximum atomic E-state index is 13.3. The molecular weight excluding hydrogens is 491 g/mol. The number of rotatable bonds is 10. The van der Waals surface area contributed by atoms with Crippen molar-refractivity contribution in [1.82, 2.24) is 31.5 Å². The van der Waals surface area contributed by atoms with E-state index < -0.39 is 30.1 Å². The van der Waals surface area contributed by atoms with Gasteiger partial charge in [0.1, 0.15) is 11.9 Å².